The molecule has 2 aromatic carbocycles. The van der Waals surface area contributed by atoms with Gasteiger partial charge >= 0.3 is 0 Å². The number of amides is 2. The minimum Gasteiger partial charge on any atom is -0.444 e. The molecule has 0 spiro atoms. The normalized spacial score (nSPS) is 14.2. The fraction of sp³-hybridized carbons (Fsp3) is 0.346. The quantitative estimate of drug-likeness (QED) is 0.493. The highest BCUT2D eigenvalue weighted by atomic mass is 32.2. The van der Waals surface area contributed by atoms with E-state index in [2.05, 4.69) is 10.3 Å². The lowest BCUT2D eigenvalue weighted by Gasteiger charge is -2.31. The Labute approximate surface area is 202 Å². The predicted molar refractivity (Wildman–Crippen MR) is 131 cm³/mol. The van der Waals surface area contributed by atoms with Gasteiger partial charge in [0.1, 0.15) is 12.1 Å². The maximum Gasteiger partial charge on any atom is 0.232 e. The maximum atomic E-state index is 13.7. The first-order chi connectivity index (χ1) is 16.6. The molecule has 1 fully saturated rings. The number of hydrogen-bond donors (Lipinski definition) is 1. The van der Waals surface area contributed by atoms with Gasteiger partial charge in [-0.25, -0.2) is 9.37 Å². The van der Waals surface area contributed by atoms with Crippen LogP contribution in [0.3, 0.4) is 0 Å². The first-order valence-electron chi connectivity index (χ1n) is 11.5. The standard InChI is InChI=1S/C26H28FN3O3S/c27-23-9-5-4-6-19(23)10-13-28-25(32)20-11-14-30(15-12-20)24(31)18-34-17-22-16-33-26(29-22)21-7-2-1-3-8-21/h1-9,16,20H,10-15,17-18H2,(H,28,32). The van der Waals surface area contributed by atoms with Crippen LogP contribution in [-0.4, -0.2) is 47.1 Å². The number of thioether (sulfide) groups is 1. The molecule has 1 N–H and O–H groups in total. The number of benzene rings is 2. The van der Waals surface area contributed by atoms with E-state index in [9.17, 15) is 14.0 Å². The Morgan fingerprint density at radius 1 is 1.09 bits per heavy atom. The molecule has 2 amide bonds. The molecule has 178 valence electrons. The molecule has 0 unspecified atom stereocenters. The fourth-order valence-corrected chi connectivity index (χ4v) is 4.78. The second kappa shape index (κ2) is 11.8. The third-order valence-electron chi connectivity index (χ3n) is 5.92. The van der Waals surface area contributed by atoms with E-state index in [0.29, 0.717) is 61.9 Å². The second-order valence-electron chi connectivity index (χ2n) is 8.29. The Bertz CT molecular complexity index is 1100. The number of aromatic nitrogens is 1. The Hall–Kier alpha value is -3.13. The SMILES string of the molecule is O=C(NCCc1ccccc1F)C1CCN(C(=O)CSCc2coc(-c3ccccc3)n2)CC1. The van der Waals surface area contributed by atoms with Crippen molar-refractivity contribution in [3.63, 3.8) is 0 Å². The van der Waals surface area contributed by atoms with Crippen molar-refractivity contribution in [1.29, 1.82) is 0 Å². The summed E-state index contributed by atoms with van der Waals surface area (Å²) in [6.45, 7) is 1.56. The van der Waals surface area contributed by atoms with Gasteiger partial charge in [-0.05, 0) is 43.0 Å². The lowest BCUT2D eigenvalue weighted by atomic mass is 9.96. The summed E-state index contributed by atoms with van der Waals surface area (Å²) in [4.78, 5) is 31.4. The monoisotopic (exact) mass is 481 g/mol. The molecule has 0 radical (unpaired) electrons. The molecule has 1 saturated heterocycles. The summed E-state index contributed by atoms with van der Waals surface area (Å²) in [5.74, 6) is 1.26. The average molecular weight is 482 g/mol. The van der Waals surface area contributed by atoms with Crippen molar-refractivity contribution in [2.75, 3.05) is 25.4 Å². The van der Waals surface area contributed by atoms with Crippen molar-refractivity contribution in [1.82, 2.24) is 15.2 Å². The van der Waals surface area contributed by atoms with E-state index in [1.54, 1.807) is 24.5 Å². The molecule has 1 aromatic heterocycles. The lowest BCUT2D eigenvalue weighted by molar-refractivity contribution is -0.133. The van der Waals surface area contributed by atoms with Crippen molar-refractivity contribution in [2.24, 2.45) is 5.92 Å². The van der Waals surface area contributed by atoms with E-state index in [4.69, 9.17) is 4.42 Å². The molecule has 8 heteroatoms. The molecule has 0 atom stereocenters. The van der Waals surface area contributed by atoms with E-state index >= 15 is 0 Å². The van der Waals surface area contributed by atoms with Crippen LogP contribution in [0.5, 0.6) is 0 Å². The summed E-state index contributed by atoms with van der Waals surface area (Å²) in [6, 6.07) is 16.3. The zero-order valence-electron chi connectivity index (χ0n) is 18.9. The third-order valence-corrected chi connectivity index (χ3v) is 6.87. The van der Waals surface area contributed by atoms with Gasteiger partial charge in [-0.1, -0.05) is 36.4 Å². The van der Waals surface area contributed by atoms with Gasteiger partial charge in [-0.15, -0.1) is 11.8 Å². The summed E-state index contributed by atoms with van der Waals surface area (Å²) in [7, 11) is 0. The van der Waals surface area contributed by atoms with Gasteiger partial charge < -0.3 is 14.6 Å². The zero-order valence-corrected chi connectivity index (χ0v) is 19.7. The highest BCUT2D eigenvalue weighted by molar-refractivity contribution is 7.99. The van der Waals surface area contributed by atoms with Gasteiger partial charge in [0.05, 0.1) is 11.4 Å². The summed E-state index contributed by atoms with van der Waals surface area (Å²) in [5, 5.41) is 2.91. The summed E-state index contributed by atoms with van der Waals surface area (Å²) in [5.41, 5.74) is 2.33. The number of rotatable bonds is 9. The molecule has 1 aliphatic rings. The molecule has 1 aliphatic heterocycles. The minimum atomic E-state index is -0.248. The van der Waals surface area contributed by atoms with Crippen molar-refractivity contribution in [2.45, 2.75) is 25.0 Å². The number of nitrogens with one attached hydrogen (secondary N) is 1. The Morgan fingerprint density at radius 3 is 2.59 bits per heavy atom. The first kappa shape index (κ1) is 24.0. The molecule has 6 nitrogen and oxygen atoms in total. The van der Waals surface area contributed by atoms with Crippen LogP contribution in [0.2, 0.25) is 0 Å². The third kappa shape index (κ3) is 6.47. The number of oxazole rings is 1. The van der Waals surface area contributed by atoms with Crippen molar-refractivity contribution < 1.29 is 18.4 Å². The Balaban J connectivity index is 1.14. The van der Waals surface area contributed by atoms with Crippen molar-refractivity contribution in [3.8, 4) is 11.5 Å². The van der Waals surface area contributed by atoms with Gasteiger partial charge in [0.15, 0.2) is 0 Å². The topological polar surface area (TPSA) is 75.4 Å². The summed E-state index contributed by atoms with van der Waals surface area (Å²) >= 11 is 1.51. The Morgan fingerprint density at radius 2 is 1.82 bits per heavy atom. The molecule has 0 aliphatic carbocycles. The number of hydrogen-bond acceptors (Lipinski definition) is 5. The van der Waals surface area contributed by atoms with Crippen LogP contribution in [0.4, 0.5) is 4.39 Å². The van der Waals surface area contributed by atoms with Gasteiger partial charge in [-0.2, -0.15) is 0 Å². The van der Waals surface area contributed by atoms with Crippen LogP contribution in [0.1, 0.15) is 24.1 Å². The average Bonchev–Trinajstić information content (AvgIpc) is 3.35. The van der Waals surface area contributed by atoms with Gasteiger partial charge in [0, 0.05) is 36.9 Å². The van der Waals surface area contributed by atoms with Crippen molar-refractivity contribution in [3.05, 3.63) is 77.9 Å². The Kier molecular flexibility index (Phi) is 8.36. The van der Waals surface area contributed by atoms with Crippen LogP contribution in [0.25, 0.3) is 11.5 Å². The number of nitrogens with zero attached hydrogens (tertiary/aromatic N) is 2. The number of halogens is 1. The van der Waals surface area contributed by atoms with Crippen LogP contribution in [0, 0.1) is 11.7 Å². The van der Waals surface area contributed by atoms with Gasteiger partial charge in [0.25, 0.3) is 0 Å². The second-order valence-corrected chi connectivity index (χ2v) is 9.28. The molecule has 3 aromatic rings. The molecule has 4 rings (SSSR count). The molecule has 0 saturated carbocycles. The number of likely N-dealkylation sites (tertiary alicyclic amines) is 1. The largest absolute Gasteiger partial charge is 0.444 e. The maximum absolute atomic E-state index is 13.7. The molecular formula is C26H28FN3O3S. The van der Waals surface area contributed by atoms with Gasteiger partial charge in [0.2, 0.25) is 17.7 Å². The lowest BCUT2D eigenvalue weighted by Crippen LogP contribution is -2.44. The first-order valence-corrected chi connectivity index (χ1v) is 12.6. The highest BCUT2D eigenvalue weighted by Crippen LogP contribution is 2.22. The molecular weight excluding hydrogens is 453 g/mol. The van der Waals surface area contributed by atoms with E-state index in [-0.39, 0.29) is 23.5 Å². The summed E-state index contributed by atoms with van der Waals surface area (Å²) < 4.78 is 19.2. The van der Waals surface area contributed by atoms with E-state index in [1.807, 2.05) is 35.2 Å². The summed E-state index contributed by atoms with van der Waals surface area (Å²) in [6.07, 6.45) is 3.39. The number of carbonyl (C=O) groups excluding carboxylic acids is 2. The van der Waals surface area contributed by atoms with Crippen LogP contribution in [-0.2, 0) is 21.8 Å². The van der Waals surface area contributed by atoms with E-state index in [0.717, 1.165) is 11.3 Å². The van der Waals surface area contributed by atoms with Gasteiger partial charge in [-0.3, -0.25) is 9.59 Å². The van der Waals surface area contributed by atoms with E-state index < -0.39 is 0 Å². The molecule has 2 heterocycles. The molecule has 0 bridgehead atoms. The predicted octanol–water partition coefficient (Wildman–Crippen LogP) is 4.31. The zero-order chi connectivity index (χ0) is 23.8. The van der Waals surface area contributed by atoms with E-state index in [1.165, 1.54) is 17.8 Å². The number of carbonyl (C=O) groups is 2. The minimum absolute atomic E-state index is 0.0157. The van der Waals surface area contributed by atoms with Crippen molar-refractivity contribution >= 4 is 23.6 Å². The van der Waals surface area contributed by atoms with Crippen LogP contribution >= 0.6 is 11.8 Å². The van der Waals surface area contributed by atoms with Crippen LogP contribution < -0.4 is 5.32 Å². The fourth-order valence-electron chi connectivity index (χ4n) is 3.98. The van der Waals surface area contributed by atoms with Crippen LogP contribution in [0.15, 0.2) is 65.3 Å². The smallest absolute Gasteiger partial charge is 0.232 e. The molecule has 34 heavy (non-hydrogen) atoms. The number of piperidine rings is 1. The highest BCUT2D eigenvalue weighted by Gasteiger charge is 2.27.